The Morgan fingerprint density at radius 3 is 1.81 bits per heavy atom. The summed E-state index contributed by atoms with van der Waals surface area (Å²) in [7, 11) is 1.80. The van der Waals surface area contributed by atoms with Gasteiger partial charge in [0, 0.05) is 19.4 Å². The van der Waals surface area contributed by atoms with E-state index in [0.29, 0.717) is 24.2 Å². The molecule has 48 heavy (non-hydrogen) atoms. The van der Waals surface area contributed by atoms with E-state index in [1.807, 2.05) is 6.92 Å². The molecule has 0 aliphatic heterocycles. The lowest BCUT2D eigenvalue weighted by Crippen LogP contribution is -2.40. The van der Waals surface area contributed by atoms with Crippen molar-refractivity contribution in [3.63, 3.8) is 0 Å². The van der Waals surface area contributed by atoms with Gasteiger partial charge in [0.1, 0.15) is 6.10 Å². The Morgan fingerprint density at radius 2 is 1.31 bits per heavy atom. The number of esters is 1. The lowest BCUT2D eigenvalue weighted by molar-refractivity contribution is -0.154. The summed E-state index contributed by atoms with van der Waals surface area (Å²) in [6.07, 6.45) is 37.3. The third kappa shape index (κ3) is 14.1. The van der Waals surface area contributed by atoms with Crippen LogP contribution in [-0.2, 0) is 14.3 Å². The van der Waals surface area contributed by atoms with Crippen LogP contribution in [0.2, 0.25) is 0 Å². The molecular formula is C45H66O3. The Morgan fingerprint density at radius 1 is 0.792 bits per heavy atom. The molecule has 0 aromatic carbocycles. The fourth-order valence-electron chi connectivity index (χ4n) is 7.25. The first-order chi connectivity index (χ1) is 22.6. The van der Waals surface area contributed by atoms with E-state index < -0.39 is 0 Å². The van der Waals surface area contributed by atoms with Crippen molar-refractivity contribution in [2.24, 2.45) is 28.6 Å². The highest BCUT2D eigenvalue weighted by Gasteiger charge is 2.41. The Hall–Kier alpha value is -3.17. The highest BCUT2D eigenvalue weighted by molar-refractivity contribution is 5.69. The van der Waals surface area contributed by atoms with Gasteiger partial charge in [0.25, 0.3) is 0 Å². The monoisotopic (exact) mass is 655 g/mol. The van der Waals surface area contributed by atoms with Gasteiger partial charge in [-0.2, -0.15) is 0 Å². The van der Waals surface area contributed by atoms with Gasteiger partial charge in [-0.3, -0.25) is 4.79 Å². The van der Waals surface area contributed by atoms with Gasteiger partial charge in [0.15, 0.2) is 0 Å². The molecular weight excluding hydrogens is 588 g/mol. The summed E-state index contributed by atoms with van der Waals surface area (Å²) in [5, 5.41) is 0. The molecule has 0 aromatic heterocycles. The minimum absolute atomic E-state index is 0.0319. The number of methoxy groups -OCH3 is 1. The first-order valence-corrected chi connectivity index (χ1v) is 18.1. The summed E-state index contributed by atoms with van der Waals surface area (Å²) in [4.78, 5) is 12.0. The van der Waals surface area contributed by atoms with Crippen molar-refractivity contribution in [1.82, 2.24) is 0 Å². The van der Waals surface area contributed by atoms with Crippen LogP contribution in [0, 0.1) is 28.6 Å². The van der Waals surface area contributed by atoms with Gasteiger partial charge >= 0.3 is 5.97 Å². The average molecular weight is 655 g/mol. The zero-order chi connectivity index (χ0) is 35.9. The number of ether oxygens (including phenoxy) is 2. The van der Waals surface area contributed by atoms with Crippen LogP contribution in [0.3, 0.4) is 0 Å². The van der Waals surface area contributed by atoms with Gasteiger partial charge in [-0.25, -0.2) is 0 Å². The van der Waals surface area contributed by atoms with Crippen molar-refractivity contribution < 1.29 is 14.3 Å². The molecule has 0 amide bonds. The summed E-state index contributed by atoms with van der Waals surface area (Å²) in [6, 6.07) is 0. The fourth-order valence-corrected chi connectivity index (χ4v) is 7.25. The summed E-state index contributed by atoms with van der Waals surface area (Å²) >= 11 is 0. The maximum absolute atomic E-state index is 12.0. The highest BCUT2D eigenvalue weighted by atomic mass is 16.5. The largest absolute Gasteiger partial charge is 0.462 e. The van der Waals surface area contributed by atoms with Crippen LogP contribution < -0.4 is 0 Å². The second kappa shape index (κ2) is 19.7. The summed E-state index contributed by atoms with van der Waals surface area (Å²) in [6.45, 7) is 24.4. The van der Waals surface area contributed by atoms with Gasteiger partial charge in [0.2, 0.25) is 0 Å². The van der Waals surface area contributed by atoms with Gasteiger partial charge < -0.3 is 9.47 Å². The van der Waals surface area contributed by atoms with E-state index in [0.717, 1.165) is 25.7 Å². The summed E-state index contributed by atoms with van der Waals surface area (Å²) < 4.78 is 11.4. The smallest absolute Gasteiger partial charge is 0.306 e. The van der Waals surface area contributed by atoms with E-state index in [-0.39, 0.29) is 29.0 Å². The molecule has 0 spiro atoms. The summed E-state index contributed by atoms with van der Waals surface area (Å²) in [5.41, 5.74) is 6.52. The van der Waals surface area contributed by atoms with E-state index in [2.05, 4.69) is 160 Å². The Balaban J connectivity index is 1.88. The van der Waals surface area contributed by atoms with E-state index in [4.69, 9.17) is 9.47 Å². The van der Waals surface area contributed by atoms with Gasteiger partial charge in [-0.15, -0.1) is 0 Å². The van der Waals surface area contributed by atoms with Crippen molar-refractivity contribution in [3.8, 4) is 0 Å². The molecule has 0 N–H and O–H groups in total. The molecule has 0 heterocycles. The highest BCUT2D eigenvalue weighted by Crippen LogP contribution is 2.46. The van der Waals surface area contributed by atoms with Crippen LogP contribution >= 0.6 is 0 Å². The Labute approximate surface area is 294 Å². The number of hydrogen-bond acceptors (Lipinski definition) is 3. The predicted octanol–water partition coefficient (Wildman–Crippen LogP) is 12.3. The molecule has 2 rings (SSSR count). The number of carbonyl (C=O) groups is 1. The molecule has 1 saturated carbocycles. The molecule has 5 unspecified atom stereocenters. The molecule has 0 radical (unpaired) electrons. The molecule has 5 atom stereocenters. The molecule has 0 bridgehead atoms. The molecule has 0 aromatic rings. The molecule has 3 nitrogen and oxygen atoms in total. The van der Waals surface area contributed by atoms with Crippen molar-refractivity contribution >= 4 is 5.97 Å². The predicted molar refractivity (Wildman–Crippen MR) is 208 cm³/mol. The van der Waals surface area contributed by atoms with Crippen molar-refractivity contribution in [2.75, 3.05) is 7.11 Å². The van der Waals surface area contributed by atoms with Gasteiger partial charge in [-0.05, 0) is 83.0 Å². The normalized spacial score (nSPS) is 27.6. The first kappa shape index (κ1) is 41.0. The second-order valence-corrected chi connectivity index (χ2v) is 15.6. The zero-order valence-electron chi connectivity index (χ0n) is 32.3. The first-order valence-electron chi connectivity index (χ1n) is 18.1. The third-order valence-electron chi connectivity index (χ3n) is 9.85. The average Bonchev–Trinajstić information content (AvgIpc) is 2.97. The SMILES string of the molecule is CCCC(=O)OC1CC(C)C(/C=C/C(C)=C/C=C/C(C)=C/C=C/C=C(C)/C=C/C=C(C)/C=C/C2C(C)=CC(OC)CC2(C)C)C(C)(C)C1. The van der Waals surface area contributed by atoms with Crippen LogP contribution in [0.1, 0.15) is 108 Å². The van der Waals surface area contributed by atoms with E-state index >= 15 is 0 Å². The number of allylic oxidation sites excluding steroid dienone is 19. The van der Waals surface area contributed by atoms with Crippen molar-refractivity contribution in [1.29, 1.82) is 0 Å². The number of rotatable bonds is 14. The number of carbonyl (C=O) groups excluding carboxylic acids is 1. The molecule has 0 saturated heterocycles. The fraction of sp³-hybridized carbons (Fsp3) is 0.533. The quantitative estimate of drug-likeness (QED) is 0.106. The lowest BCUT2D eigenvalue weighted by Gasteiger charge is -2.44. The molecule has 264 valence electrons. The maximum Gasteiger partial charge on any atom is 0.306 e. The maximum atomic E-state index is 12.0. The molecule has 2 aliphatic rings. The van der Waals surface area contributed by atoms with Crippen LogP contribution in [0.25, 0.3) is 0 Å². The van der Waals surface area contributed by atoms with E-state index in [1.165, 1.54) is 27.9 Å². The van der Waals surface area contributed by atoms with E-state index in [9.17, 15) is 4.79 Å². The Kier molecular flexibility index (Phi) is 16.9. The minimum atomic E-state index is -0.0552. The Bertz CT molecular complexity index is 1360. The van der Waals surface area contributed by atoms with Crippen molar-refractivity contribution in [2.45, 2.75) is 120 Å². The number of hydrogen-bond donors (Lipinski definition) is 0. The minimum Gasteiger partial charge on any atom is -0.462 e. The second-order valence-electron chi connectivity index (χ2n) is 15.6. The molecule has 2 aliphatic carbocycles. The van der Waals surface area contributed by atoms with Crippen LogP contribution in [0.15, 0.2) is 119 Å². The zero-order valence-corrected chi connectivity index (χ0v) is 32.3. The molecule has 1 fully saturated rings. The standard InChI is InChI=1S/C45H66O3/c1-13-18-43(46)48-40-30-38(7)42(45(10,11)32-40)28-26-36(5)24-17-22-34(3)20-15-14-19-33(2)21-16-23-35(4)25-27-41-37(6)29-39(47-12)31-44(41,8)9/h14-17,19-29,38-42H,13,18,30-32H2,1-12H3/b15-14+,21-16+,22-17+,27-25+,28-26+,33-19+,34-20+,35-23+,36-24+. The van der Waals surface area contributed by atoms with E-state index in [1.54, 1.807) is 7.11 Å². The summed E-state index contributed by atoms with van der Waals surface area (Å²) in [5.74, 6) is 1.29. The van der Waals surface area contributed by atoms with Gasteiger partial charge in [-0.1, -0.05) is 161 Å². The van der Waals surface area contributed by atoms with Gasteiger partial charge in [0.05, 0.1) is 6.10 Å². The van der Waals surface area contributed by atoms with Crippen molar-refractivity contribution in [3.05, 3.63) is 119 Å². The van der Waals surface area contributed by atoms with Crippen LogP contribution in [0.4, 0.5) is 0 Å². The third-order valence-corrected chi connectivity index (χ3v) is 9.85. The lowest BCUT2D eigenvalue weighted by atomic mass is 9.63. The topological polar surface area (TPSA) is 35.5 Å². The van der Waals surface area contributed by atoms with Crippen LogP contribution in [0.5, 0.6) is 0 Å². The molecule has 3 heteroatoms. The van der Waals surface area contributed by atoms with Crippen LogP contribution in [-0.4, -0.2) is 25.3 Å².